The molecule has 1 amide bonds. The SMILES string of the molecule is COC(=O)c1cccc(Nc2ccc(C(=O)Nc3cc(C)ccc3C)nn2)c1. The Morgan fingerprint density at radius 2 is 1.79 bits per heavy atom. The van der Waals surface area contributed by atoms with Crippen molar-refractivity contribution in [3.8, 4) is 0 Å². The highest BCUT2D eigenvalue weighted by Crippen LogP contribution is 2.18. The van der Waals surface area contributed by atoms with Crippen LogP contribution < -0.4 is 10.6 Å². The van der Waals surface area contributed by atoms with Crippen LogP contribution in [0, 0.1) is 13.8 Å². The molecule has 7 nitrogen and oxygen atoms in total. The molecule has 3 aromatic rings. The van der Waals surface area contributed by atoms with Gasteiger partial charge in [0.15, 0.2) is 11.5 Å². The molecule has 0 saturated heterocycles. The van der Waals surface area contributed by atoms with E-state index >= 15 is 0 Å². The number of aromatic nitrogens is 2. The molecule has 0 radical (unpaired) electrons. The highest BCUT2D eigenvalue weighted by atomic mass is 16.5. The molecule has 0 fully saturated rings. The number of aryl methyl sites for hydroxylation is 2. The van der Waals surface area contributed by atoms with E-state index in [1.807, 2.05) is 32.0 Å². The Bertz CT molecular complexity index is 1020. The van der Waals surface area contributed by atoms with Crippen molar-refractivity contribution in [1.82, 2.24) is 10.2 Å². The number of carbonyl (C=O) groups is 2. The molecule has 0 aliphatic rings. The van der Waals surface area contributed by atoms with Gasteiger partial charge in [0.2, 0.25) is 0 Å². The summed E-state index contributed by atoms with van der Waals surface area (Å²) in [5.74, 6) is -0.307. The van der Waals surface area contributed by atoms with Crippen molar-refractivity contribution in [3.05, 3.63) is 77.0 Å². The summed E-state index contributed by atoms with van der Waals surface area (Å²) in [5.41, 5.74) is 4.05. The standard InChI is InChI=1S/C21H20N4O3/c1-13-7-8-14(2)18(11-13)23-20(26)17-9-10-19(25-24-17)22-16-6-4-5-15(12-16)21(27)28-3/h4-12H,1-3H3,(H,22,25)(H,23,26). The van der Waals surface area contributed by atoms with Gasteiger partial charge >= 0.3 is 5.97 Å². The molecule has 142 valence electrons. The fraction of sp³-hybridized carbons (Fsp3) is 0.143. The maximum Gasteiger partial charge on any atom is 0.337 e. The van der Waals surface area contributed by atoms with Crippen molar-refractivity contribution in [1.29, 1.82) is 0 Å². The van der Waals surface area contributed by atoms with E-state index in [4.69, 9.17) is 4.74 Å². The van der Waals surface area contributed by atoms with Gasteiger partial charge in [-0.2, -0.15) is 0 Å². The van der Waals surface area contributed by atoms with Crippen LogP contribution in [-0.2, 0) is 4.74 Å². The van der Waals surface area contributed by atoms with Crippen LogP contribution in [0.1, 0.15) is 32.0 Å². The van der Waals surface area contributed by atoms with Gasteiger partial charge < -0.3 is 15.4 Å². The fourth-order valence-electron chi connectivity index (χ4n) is 2.57. The number of anilines is 3. The smallest absolute Gasteiger partial charge is 0.337 e. The topological polar surface area (TPSA) is 93.2 Å². The Kier molecular flexibility index (Phi) is 5.64. The second kappa shape index (κ2) is 8.30. The van der Waals surface area contributed by atoms with E-state index in [1.165, 1.54) is 7.11 Å². The highest BCUT2D eigenvalue weighted by Gasteiger charge is 2.11. The summed E-state index contributed by atoms with van der Waals surface area (Å²) in [7, 11) is 1.33. The summed E-state index contributed by atoms with van der Waals surface area (Å²) >= 11 is 0. The molecule has 2 N–H and O–H groups in total. The number of amides is 1. The molecule has 0 atom stereocenters. The average molecular weight is 376 g/mol. The van der Waals surface area contributed by atoms with Gasteiger partial charge in [0.1, 0.15) is 0 Å². The predicted octanol–water partition coefficient (Wildman–Crippen LogP) is 3.88. The van der Waals surface area contributed by atoms with Crippen molar-refractivity contribution in [2.24, 2.45) is 0 Å². The Labute approximate surface area is 162 Å². The van der Waals surface area contributed by atoms with Gasteiger partial charge in [0.25, 0.3) is 5.91 Å². The fourth-order valence-corrected chi connectivity index (χ4v) is 2.57. The van der Waals surface area contributed by atoms with Gasteiger partial charge in [0.05, 0.1) is 12.7 Å². The molecule has 3 rings (SSSR count). The first-order valence-corrected chi connectivity index (χ1v) is 8.64. The van der Waals surface area contributed by atoms with E-state index in [0.717, 1.165) is 16.8 Å². The van der Waals surface area contributed by atoms with Gasteiger partial charge in [-0.05, 0) is 61.4 Å². The Balaban J connectivity index is 1.70. The summed E-state index contributed by atoms with van der Waals surface area (Å²) in [6, 6.07) is 15.9. The minimum Gasteiger partial charge on any atom is -0.465 e. The Morgan fingerprint density at radius 1 is 0.964 bits per heavy atom. The zero-order valence-corrected chi connectivity index (χ0v) is 15.8. The molecular formula is C21H20N4O3. The number of hydrogen-bond donors (Lipinski definition) is 2. The van der Waals surface area contributed by atoms with E-state index in [1.54, 1.807) is 36.4 Å². The van der Waals surface area contributed by atoms with E-state index < -0.39 is 5.97 Å². The Morgan fingerprint density at radius 3 is 2.50 bits per heavy atom. The molecule has 28 heavy (non-hydrogen) atoms. The van der Waals surface area contributed by atoms with Gasteiger partial charge in [-0.3, -0.25) is 4.79 Å². The highest BCUT2D eigenvalue weighted by molar-refractivity contribution is 6.03. The molecule has 0 bridgehead atoms. The monoisotopic (exact) mass is 376 g/mol. The zero-order chi connectivity index (χ0) is 20.1. The van der Waals surface area contributed by atoms with Gasteiger partial charge in [-0.1, -0.05) is 18.2 Å². The van der Waals surface area contributed by atoms with Gasteiger partial charge in [-0.25, -0.2) is 4.79 Å². The van der Waals surface area contributed by atoms with Crippen LogP contribution in [-0.4, -0.2) is 29.2 Å². The molecule has 0 unspecified atom stereocenters. The largest absolute Gasteiger partial charge is 0.465 e. The third kappa shape index (κ3) is 4.50. The third-order valence-corrected chi connectivity index (χ3v) is 4.09. The molecule has 0 aliphatic carbocycles. The first-order valence-electron chi connectivity index (χ1n) is 8.64. The second-order valence-electron chi connectivity index (χ2n) is 6.27. The summed E-state index contributed by atoms with van der Waals surface area (Å²) in [5, 5.41) is 13.9. The maximum atomic E-state index is 12.4. The molecule has 0 spiro atoms. The van der Waals surface area contributed by atoms with Crippen molar-refractivity contribution in [2.45, 2.75) is 13.8 Å². The molecule has 1 heterocycles. The zero-order valence-electron chi connectivity index (χ0n) is 15.8. The number of carbonyl (C=O) groups excluding carboxylic acids is 2. The van der Waals surface area contributed by atoms with Crippen LogP contribution in [0.25, 0.3) is 0 Å². The number of hydrogen-bond acceptors (Lipinski definition) is 6. The lowest BCUT2D eigenvalue weighted by Gasteiger charge is -2.09. The number of methoxy groups -OCH3 is 1. The van der Waals surface area contributed by atoms with E-state index in [-0.39, 0.29) is 11.6 Å². The molecular weight excluding hydrogens is 356 g/mol. The van der Waals surface area contributed by atoms with Crippen molar-refractivity contribution in [3.63, 3.8) is 0 Å². The van der Waals surface area contributed by atoms with Gasteiger partial charge in [-0.15, -0.1) is 10.2 Å². The quantitative estimate of drug-likeness (QED) is 0.657. The Hall–Kier alpha value is -3.74. The van der Waals surface area contributed by atoms with Crippen LogP contribution in [0.3, 0.4) is 0 Å². The molecule has 7 heteroatoms. The number of esters is 1. The van der Waals surface area contributed by atoms with Crippen LogP contribution in [0.5, 0.6) is 0 Å². The normalized spacial score (nSPS) is 10.2. The van der Waals surface area contributed by atoms with Crippen molar-refractivity contribution >= 4 is 29.1 Å². The van der Waals surface area contributed by atoms with Crippen molar-refractivity contribution < 1.29 is 14.3 Å². The van der Waals surface area contributed by atoms with E-state index in [9.17, 15) is 9.59 Å². The van der Waals surface area contributed by atoms with Crippen molar-refractivity contribution in [2.75, 3.05) is 17.7 Å². The maximum absolute atomic E-state index is 12.4. The molecule has 1 aromatic heterocycles. The van der Waals surface area contributed by atoms with Crippen LogP contribution >= 0.6 is 0 Å². The number of nitrogens with zero attached hydrogens (tertiary/aromatic N) is 2. The second-order valence-corrected chi connectivity index (χ2v) is 6.27. The lowest BCUT2D eigenvalue weighted by Crippen LogP contribution is -2.15. The minimum absolute atomic E-state index is 0.203. The lowest BCUT2D eigenvalue weighted by atomic mass is 10.1. The summed E-state index contributed by atoms with van der Waals surface area (Å²) in [6.07, 6.45) is 0. The first-order chi connectivity index (χ1) is 13.5. The van der Waals surface area contributed by atoms with Crippen LogP contribution in [0.4, 0.5) is 17.2 Å². The van der Waals surface area contributed by atoms with E-state index in [0.29, 0.717) is 17.1 Å². The average Bonchev–Trinajstić information content (AvgIpc) is 2.71. The molecule has 2 aromatic carbocycles. The summed E-state index contributed by atoms with van der Waals surface area (Å²) in [4.78, 5) is 24.0. The minimum atomic E-state index is -0.423. The predicted molar refractivity (Wildman–Crippen MR) is 107 cm³/mol. The number of nitrogens with one attached hydrogen (secondary N) is 2. The molecule has 0 saturated carbocycles. The summed E-state index contributed by atoms with van der Waals surface area (Å²) in [6.45, 7) is 3.89. The van der Waals surface area contributed by atoms with Gasteiger partial charge in [0, 0.05) is 11.4 Å². The first kappa shape index (κ1) is 19.0. The number of ether oxygens (including phenoxy) is 1. The lowest BCUT2D eigenvalue weighted by molar-refractivity contribution is 0.0600. The number of benzene rings is 2. The van der Waals surface area contributed by atoms with E-state index in [2.05, 4.69) is 20.8 Å². The molecule has 0 aliphatic heterocycles. The van der Waals surface area contributed by atoms with Crippen LogP contribution in [0.2, 0.25) is 0 Å². The summed E-state index contributed by atoms with van der Waals surface area (Å²) < 4.78 is 4.71. The van der Waals surface area contributed by atoms with Crippen LogP contribution in [0.15, 0.2) is 54.6 Å². The third-order valence-electron chi connectivity index (χ3n) is 4.09. The number of rotatable bonds is 5.